The number of aliphatic hydroxyl groups is 1. The van der Waals surface area contributed by atoms with Crippen LogP contribution in [0, 0.1) is 0 Å². The van der Waals surface area contributed by atoms with Crippen LogP contribution in [0.5, 0.6) is 0 Å². The van der Waals surface area contributed by atoms with Crippen LogP contribution in [-0.2, 0) is 0 Å². The highest BCUT2D eigenvalue weighted by Crippen LogP contribution is 1.95. The molecule has 0 spiro atoms. The highest BCUT2D eigenvalue weighted by atomic mass is 16.3. The highest BCUT2D eigenvalue weighted by Gasteiger charge is 2.08. The molecular weight excluding hydrogens is 116 g/mol. The second kappa shape index (κ2) is 2.94. The fourth-order valence-electron chi connectivity index (χ4n) is 0.910. The Bertz CT molecular complexity index is 104. The number of aliphatic hydroxyl groups excluding tert-OH is 1. The van der Waals surface area contributed by atoms with E-state index in [2.05, 4.69) is 9.89 Å². The van der Waals surface area contributed by atoms with Gasteiger partial charge in [0, 0.05) is 19.3 Å². The summed E-state index contributed by atoms with van der Waals surface area (Å²) >= 11 is 0. The summed E-state index contributed by atoms with van der Waals surface area (Å²) in [7, 11) is 0. The summed E-state index contributed by atoms with van der Waals surface area (Å²) in [5.74, 6) is 0. The summed E-state index contributed by atoms with van der Waals surface area (Å²) in [6.45, 7) is 4.17. The molecule has 0 aromatic rings. The topological polar surface area (TPSA) is 35.8 Å². The Balaban J connectivity index is 2.14. The van der Waals surface area contributed by atoms with Gasteiger partial charge in [-0.2, -0.15) is 0 Å². The molecule has 3 heteroatoms. The lowest BCUT2D eigenvalue weighted by atomic mass is 10.4. The van der Waals surface area contributed by atoms with Crippen LogP contribution in [-0.4, -0.2) is 42.1 Å². The average molecular weight is 128 g/mol. The Morgan fingerprint density at radius 1 is 1.89 bits per heavy atom. The molecule has 0 aliphatic carbocycles. The maximum absolute atomic E-state index is 8.92. The van der Waals surface area contributed by atoms with Crippen LogP contribution < -0.4 is 0 Å². The lowest BCUT2D eigenvalue weighted by molar-refractivity contribution is 0.142. The SMILES string of the molecule is CC(O)CN1CC=NC1. The van der Waals surface area contributed by atoms with Crippen LogP contribution in [0.15, 0.2) is 4.99 Å². The first-order valence-corrected chi connectivity index (χ1v) is 3.18. The Labute approximate surface area is 55.0 Å². The fourth-order valence-corrected chi connectivity index (χ4v) is 0.910. The van der Waals surface area contributed by atoms with Gasteiger partial charge in [0.05, 0.1) is 12.8 Å². The zero-order valence-electron chi connectivity index (χ0n) is 5.62. The van der Waals surface area contributed by atoms with Crippen LogP contribution in [0.2, 0.25) is 0 Å². The molecule has 0 bridgehead atoms. The molecule has 0 saturated heterocycles. The largest absolute Gasteiger partial charge is 0.392 e. The first-order valence-electron chi connectivity index (χ1n) is 3.18. The normalized spacial score (nSPS) is 22.9. The monoisotopic (exact) mass is 128 g/mol. The molecular formula is C6H12N2O. The fraction of sp³-hybridized carbons (Fsp3) is 0.833. The van der Waals surface area contributed by atoms with Gasteiger partial charge in [-0.25, -0.2) is 0 Å². The summed E-state index contributed by atoms with van der Waals surface area (Å²) in [5.41, 5.74) is 0. The van der Waals surface area contributed by atoms with E-state index < -0.39 is 0 Å². The Kier molecular flexibility index (Phi) is 2.19. The van der Waals surface area contributed by atoms with Crippen molar-refractivity contribution in [2.24, 2.45) is 4.99 Å². The molecule has 0 aromatic carbocycles. The minimum absolute atomic E-state index is 0.230. The molecule has 0 fully saturated rings. The smallest absolute Gasteiger partial charge is 0.0910 e. The minimum atomic E-state index is -0.230. The molecule has 0 aromatic heterocycles. The first-order chi connectivity index (χ1) is 4.29. The minimum Gasteiger partial charge on any atom is -0.392 e. The van der Waals surface area contributed by atoms with Gasteiger partial charge in [0.1, 0.15) is 0 Å². The Morgan fingerprint density at radius 3 is 3.11 bits per heavy atom. The first kappa shape index (κ1) is 6.71. The van der Waals surface area contributed by atoms with Crippen LogP contribution in [0.4, 0.5) is 0 Å². The second-order valence-corrected chi connectivity index (χ2v) is 2.39. The van der Waals surface area contributed by atoms with Gasteiger partial charge in [0.15, 0.2) is 0 Å². The molecule has 0 amide bonds. The average Bonchev–Trinajstić information content (AvgIpc) is 2.15. The number of hydrogen-bond acceptors (Lipinski definition) is 3. The van der Waals surface area contributed by atoms with E-state index in [1.807, 2.05) is 6.21 Å². The third-order valence-electron chi connectivity index (χ3n) is 1.27. The molecule has 1 aliphatic heterocycles. The van der Waals surface area contributed by atoms with Gasteiger partial charge in [-0.1, -0.05) is 0 Å². The maximum atomic E-state index is 8.92. The van der Waals surface area contributed by atoms with Crippen molar-refractivity contribution in [3.63, 3.8) is 0 Å². The van der Waals surface area contributed by atoms with Crippen LogP contribution in [0.25, 0.3) is 0 Å². The second-order valence-electron chi connectivity index (χ2n) is 2.39. The number of hydrogen-bond donors (Lipinski definition) is 1. The number of aliphatic imine (C=N–C) groups is 1. The number of rotatable bonds is 2. The zero-order valence-corrected chi connectivity index (χ0v) is 5.62. The van der Waals surface area contributed by atoms with E-state index in [0.29, 0.717) is 0 Å². The summed E-state index contributed by atoms with van der Waals surface area (Å²) in [4.78, 5) is 6.10. The van der Waals surface area contributed by atoms with Gasteiger partial charge < -0.3 is 5.11 Å². The van der Waals surface area contributed by atoms with E-state index in [-0.39, 0.29) is 6.10 Å². The molecule has 9 heavy (non-hydrogen) atoms. The molecule has 1 aliphatic rings. The summed E-state index contributed by atoms with van der Waals surface area (Å²) in [5, 5.41) is 8.92. The summed E-state index contributed by atoms with van der Waals surface area (Å²) in [6.07, 6.45) is 1.65. The number of nitrogens with zero attached hydrogens (tertiary/aromatic N) is 2. The van der Waals surface area contributed by atoms with Crippen molar-refractivity contribution in [1.82, 2.24) is 4.90 Å². The quantitative estimate of drug-likeness (QED) is 0.554. The molecule has 1 N–H and O–H groups in total. The van der Waals surface area contributed by atoms with Gasteiger partial charge >= 0.3 is 0 Å². The van der Waals surface area contributed by atoms with E-state index in [9.17, 15) is 0 Å². The summed E-state index contributed by atoms with van der Waals surface area (Å²) < 4.78 is 0. The molecule has 1 rings (SSSR count). The standard InChI is InChI=1S/C6H12N2O/c1-6(9)4-8-3-2-7-5-8/h2,6,9H,3-5H2,1H3. The predicted molar refractivity (Wildman–Crippen MR) is 36.6 cm³/mol. The Hall–Kier alpha value is -0.410. The molecule has 0 radical (unpaired) electrons. The van der Waals surface area contributed by atoms with Crippen molar-refractivity contribution >= 4 is 6.21 Å². The van der Waals surface area contributed by atoms with Gasteiger partial charge in [-0.3, -0.25) is 9.89 Å². The van der Waals surface area contributed by atoms with E-state index >= 15 is 0 Å². The van der Waals surface area contributed by atoms with Crippen molar-refractivity contribution in [2.45, 2.75) is 13.0 Å². The van der Waals surface area contributed by atoms with Crippen molar-refractivity contribution in [3.05, 3.63) is 0 Å². The molecule has 1 atom stereocenters. The maximum Gasteiger partial charge on any atom is 0.0910 e. The van der Waals surface area contributed by atoms with Crippen molar-refractivity contribution < 1.29 is 5.11 Å². The zero-order chi connectivity index (χ0) is 6.69. The van der Waals surface area contributed by atoms with Crippen LogP contribution in [0.1, 0.15) is 6.92 Å². The van der Waals surface area contributed by atoms with Crippen LogP contribution >= 0.6 is 0 Å². The molecule has 52 valence electrons. The molecule has 3 nitrogen and oxygen atoms in total. The van der Waals surface area contributed by atoms with E-state index in [0.717, 1.165) is 19.8 Å². The lowest BCUT2D eigenvalue weighted by Crippen LogP contribution is -2.28. The third kappa shape index (κ3) is 2.11. The Morgan fingerprint density at radius 2 is 2.67 bits per heavy atom. The van der Waals surface area contributed by atoms with Crippen molar-refractivity contribution in [3.8, 4) is 0 Å². The van der Waals surface area contributed by atoms with E-state index in [1.54, 1.807) is 6.92 Å². The van der Waals surface area contributed by atoms with E-state index in [4.69, 9.17) is 5.11 Å². The van der Waals surface area contributed by atoms with Gasteiger partial charge in [-0.15, -0.1) is 0 Å². The van der Waals surface area contributed by atoms with Crippen molar-refractivity contribution in [1.29, 1.82) is 0 Å². The van der Waals surface area contributed by atoms with Crippen LogP contribution in [0.3, 0.4) is 0 Å². The van der Waals surface area contributed by atoms with Gasteiger partial charge in [-0.05, 0) is 6.92 Å². The predicted octanol–water partition coefficient (Wildman–Crippen LogP) is -0.289. The highest BCUT2D eigenvalue weighted by molar-refractivity contribution is 5.61. The molecule has 1 heterocycles. The third-order valence-corrected chi connectivity index (χ3v) is 1.27. The number of β-amino-alcohol motifs (C(OH)–C–C–N with tert-alkyl or cyclic N) is 1. The molecule has 0 saturated carbocycles. The van der Waals surface area contributed by atoms with Gasteiger partial charge in [0.2, 0.25) is 0 Å². The van der Waals surface area contributed by atoms with Gasteiger partial charge in [0.25, 0.3) is 0 Å². The summed E-state index contributed by atoms with van der Waals surface area (Å²) in [6, 6.07) is 0. The van der Waals surface area contributed by atoms with E-state index in [1.165, 1.54) is 0 Å². The lowest BCUT2D eigenvalue weighted by Gasteiger charge is -2.14. The van der Waals surface area contributed by atoms with Crippen molar-refractivity contribution in [2.75, 3.05) is 19.8 Å². The molecule has 1 unspecified atom stereocenters.